The Kier molecular flexibility index (Phi) is 5.68. The monoisotopic (exact) mass is 361 g/mol. The Hall–Kier alpha value is -3.39. The Morgan fingerprint density at radius 3 is 2.44 bits per heavy atom. The molecule has 2 N–H and O–H groups in total. The standard InChI is InChI=1S/C22H23N3O2/c1-16-7-9-17(10-8-16)13-20-19(24)14-18(15-23)25(20)11-12-27-22-6-4-3-5-21(22)26-2/h3-10,14H,11-13,24H2,1-2H3. The van der Waals surface area contributed by atoms with Crippen molar-refractivity contribution in [2.24, 2.45) is 0 Å². The molecule has 0 amide bonds. The maximum Gasteiger partial charge on any atom is 0.161 e. The number of hydrogen-bond acceptors (Lipinski definition) is 4. The zero-order valence-electron chi connectivity index (χ0n) is 15.6. The van der Waals surface area contributed by atoms with Gasteiger partial charge in [0.25, 0.3) is 0 Å². The summed E-state index contributed by atoms with van der Waals surface area (Å²) in [5.41, 5.74) is 10.7. The average Bonchev–Trinajstić information content (AvgIpc) is 2.99. The second kappa shape index (κ2) is 8.33. The lowest BCUT2D eigenvalue weighted by Gasteiger charge is -2.14. The van der Waals surface area contributed by atoms with Crippen LogP contribution in [-0.4, -0.2) is 18.3 Å². The van der Waals surface area contributed by atoms with Crippen molar-refractivity contribution in [1.29, 1.82) is 5.26 Å². The lowest BCUT2D eigenvalue weighted by molar-refractivity contribution is 0.278. The van der Waals surface area contributed by atoms with Crippen molar-refractivity contribution in [1.82, 2.24) is 4.57 Å². The Bertz CT molecular complexity index is 953. The summed E-state index contributed by atoms with van der Waals surface area (Å²) in [6.07, 6.45) is 0.669. The van der Waals surface area contributed by atoms with Crippen LogP contribution in [-0.2, 0) is 13.0 Å². The highest BCUT2D eigenvalue weighted by molar-refractivity contribution is 5.52. The molecule has 0 spiro atoms. The van der Waals surface area contributed by atoms with Crippen molar-refractivity contribution in [2.45, 2.75) is 19.9 Å². The molecular formula is C22H23N3O2. The average molecular weight is 361 g/mol. The van der Waals surface area contributed by atoms with E-state index in [2.05, 4.69) is 37.3 Å². The number of aryl methyl sites for hydroxylation is 1. The van der Waals surface area contributed by atoms with Crippen LogP contribution in [0.25, 0.3) is 0 Å². The van der Waals surface area contributed by atoms with Gasteiger partial charge in [-0.25, -0.2) is 0 Å². The lowest BCUT2D eigenvalue weighted by Crippen LogP contribution is -2.13. The van der Waals surface area contributed by atoms with E-state index >= 15 is 0 Å². The Morgan fingerprint density at radius 2 is 1.78 bits per heavy atom. The normalized spacial score (nSPS) is 10.4. The van der Waals surface area contributed by atoms with Gasteiger partial charge in [0, 0.05) is 12.1 Å². The van der Waals surface area contributed by atoms with Crippen LogP contribution < -0.4 is 15.2 Å². The first-order chi connectivity index (χ1) is 13.1. The fourth-order valence-corrected chi connectivity index (χ4v) is 3.04. The van der Waals surface area contributed by atoms with E-state index in [1.54, 1.807) is 13.2 Å². The third-order valence-corrected chi connectivity index (χ3v) is 4.49. The molecule has 0 aliphatic rings. The van der Waals surface area contributed by atoms with Gasteiger partial charge in [-0.05, 0) is 30.7 Å². The molecule has 0 fully saturated rings. The van der Waals surface area contributed by atoms with Gasteiger partial charge >= 0.3 is 0 Å². The molecule has 5 heteroatoms. The molecule has 0 aliphatic heterocycles. The largest absolute Gasteiger partial charge is 0.493 e. The van der Waals surface area contributed by atoms with Crippen LogP contribution in [0.2, 0.25) is 0 Å². The molecule has 0 radical (unpaired) electrons. The van der Waals surface area contributed by atoms with Crippen LogP contribution >= 0.6 is 0 Å². The number of ether oxygens (including phenoxy) is 2. The molecule has 5 nitrogen and oxygen atoms in total. The maximum absolute atomic E-state index is 9.47. The molecule has 0 unspecified atom stereocenters. The molecule has 3 aromatic rings. The number of nitrogen functional groups attached to an aromatic ring is 1. The minimum atomic E-state index is 0.407. The topological polar surface area (TPSA) is 73.2 Å². The van der Waals surface area contributed by atoms with Crippen molar-refractivity contribution in [3.8, 4) is 17.6 Å². The molecule has 1 heterocycles. The molecule has 138 valence electrons. The summed E-state index contributed by atoms with van der Waals surface area (Å²) in [4.78, 5) is 0. The molecule has 27 heavy (non-hydrogen) atoms. The third kappa shape index (κ3) is 4.24. The first-order valence-corrected chi connectivity index (χ1v) is 8.81. The van der Waals surface area contributed by atoms with Gasteiger partial charge in [0.1, 0.15) is 18.4 Å². The minimum Gasteiger partial charge on any atom is -0.493 e. The molecule has 0 saturated carbocycles. The summed E-state index contributed by atoms with van der Waals surface area (Å²) < 4.78 is 13.1. The van der Waals surface area contributed by atoms with Gasteiger partial charge in [-0.2, -0.15) is 5.26 Å². The van der Waals surface area contributed by atoms with Crippen LogP contribution in [0.3, 0.4) is 0 Å². The molecular weight excluding hydrogens is 338 g/mol. The van der Waals surface area contributed by atoms with E-state index in [9.17, 15) is 5.26 Å². The lowest BCUT2D eigenvalue weighted by atomic mass is 10.1. The summed E-state index contributed by atoms with van der Waals surface area (Å²) in [6, 6.07) is 19.8. The highest BCUT2D eigenvalue weighted by Crippen LogP contribution is 2.26. The Morgan fingerprint density at radius 1 is 1.07 bits per heavy atom. The molecule has 0 saturated heterocycles. The number of nitrogens with zero attached hydrogens (tertiary/aromatic N) is 2. The van der Waals surface area contributed by atoms with Gasteiger partial charge in [0.15, 0.2) is 11.5 Å². The van der Waals surface area contributed by atoms with Gasteiger partial charge in [0.2, 0.25) is 0 Å². The van der Waals surface area contributed by atoms with E-state index in [-0.39, 0.29) is 0 Å². The first-order valence-electron chi connectivity index (χ1n) is 8.81. The van der Waals surface area contributed by atoms with E-state index in [1.165, 1.54) is 5.56 Å². The predicted octanol–water partition coefficient (Wildman–Crippen LogP) is 3.93. The molecule has 3 rings (SSSR count). The third-order valence-electron chi connectivity index (χ3n) is 4.49. The van der Waals surface area contributed by atoms with Crippen molar-refractivity contribution in [3.63, 3.8) is 0 Å². The molecule has 2 aromatic carbocycles. The second-order valence-corrected chi connectivity index (χ2v) is 6.36. The minimum absolute atomic E-state index is 0.407. The number of aromatic nitrogens is 1. The van der Waals surface area contributed by atoms with E-state index in [0.717, 1.165) is 11.3 Å². The van der Waals surface area contributed by atoms with Crippen molar-refractivity contribution >= 4 is 5.69 Å². The van der Waals surface area contributed by atoms with Crippen LogP contribution in [0.15, 0.2) is 54.6 Å². The van der Waals surface area contributed by atoms with Crippen LogP contribution in [0.5, 0.6) is 11.5 Å². The van der Waals surface area contributed by atoms with Crippen molar-refractivity contribution < 1.29 is 9.47 Å². The van der Waals surface area contributed by atoms with Gasteiger partial charge < -0.3 is 19.8 Å². The number of methoxy groups -OCH3 is 1. The number of hydrogen-bond donors (Lipinski definition) is 1. The number of benzene rings is 2. The van der Waals surface area contributed by atoms with Gasteiger partial charge in [-0.1, -0.05) is 42.0 Å². The van der Waals surface area contributed by atoms with Gasteiger partial charge in [-0.3, -0.25) is 0 Å². The zero-order chi connectivity index (χ0) is 19.2. The number of para-hydroxylation sites is 2. The predicted molar refractivity (Wildman–Crippen MR) is 106 cm³/mol. The van der Waals surface area contributed by atoms with Gasteiger partial charge in [-0.15, -0.1) is 0 Å². The van der Waals surface area contributed by atoms with E-state index in [1.807, 2.05) is 28.8 Å². The Balaban J connectivity index is 1.78. The van der Waals surface area contributed by atoms with Crippen LogP contribution in [0.4, 0.5) is 5.69 Å². The van der Waals surface area contributed by atoms with E-state index < -0.39 is 0 Å². The smallest absolute Gasteiger partial charge is 0.161 e. The fourth-order valence-electron chi connectivity index (χ4n) is 3.04. The van der Waals surface area contributed by atoms with Crippen molar-refractivity contribution in [3.05, 3.63) is 77.1 Å². The molecule has 1 aromatic heterocycles. The highest BCUT2D eigenvalue weighted by atomic mass is 16.5. The quantitative estimate of drug-likeness (QED) is 0.692. The summed E-state index contributed by atoms with van der Waals surface area (Å²) in [5.74, 6) is 1.36. The second-order valence-electron chi connectivity index (χ2n) is 6.36. The highest BCUT2D eigenvalue weighted by Gasteiger charge is 2.14. The summed E-state index contributed by atoms with van der Waals surface area (Å²) in [6.45, 7) is 2.99. The molecule has 0 bridgehead atoms. The summed E-state index contributed by atoms with van der Waals surface area (Å²) in [5, 5.41) is 9.47. The summed E-state index contributed by atoms with van der Waals surface area (Å²) in [7, 11) is 1.61. The van der Waals surface area contributed by atoms with Gasteiger partial charge in [0.05, 0.1) is 19.3 Å². The fraction of sp³-hybridized carbons (Fsp3) is 0.227. The molecule has 0 aliphatic carbocycles. The SMILES string of the molecule is COc1ccccc1OCCn1c(C#N)cc(N)c1Cc1ccc(C)cc1. The number of rotatable bonds is 7. The number of nitrogens with two attached hydrogens (primary N) is 1. The zero-order valence-corrected chi connectivity index (χ0v) is 15.6. The Labute approximate surface area is 159 Å². The van der Waals surface area contributed by atoms with E-state index in [0.29, 0.717) is 42.5 Å². The molecule has 0 atom stereocenters. The van der Waals surface area contributed by atoms with Crippen LogP contribution in [0.1, 0.15) is 22.5 Å². The number of nitriles is 1. The number of anilines is 1. The summed E-state index contributed by atoms with van der Waals surface area (Å²) >= 11 is 0. The maximum atomic E-state index is 9.47. The van der Waals surface area contributed by atoms with E-state index in [4.69, 9.17) is 15.2 Å². The van der Waals surface area contributed by atoms with Crippen LogP contribution in [0, 0.1) is 18.3 Å². The van der Waals surface area contributed by atoms with Crippen molar-refractivity contribution in [2.75, 3.05) is 19.5 Å². The first kappa shape index (κ1) is 18.4.